The van der Waals surface area contributed by atoms with Crippen molar-refractivity contribution in [3.8, 4) is 0 Å². The van der Waals surface area contributed by atoms with Crippen molar-refractivity contribution in [2.75, 3.05) is 18.5 Å². The van der Waals surface area contributed by atoms with Gasteiger partial charge >= 0.3 is 0 Å². The highest BCUT2D eigenvalue weighted by atomic mass is 19.1. The van der Waals surface area contributed by atoms with Gasteiger partial charge in [0.15, 0.2) is 0 Å². The first-order valence-corrected chi connectivity index (χ1v) is 7.06. The van der Waals surface area contributed by atoms with Crippen LogP contribution in [0.4, 0.5) is 20.2 Å². The lowest BCUT2D eigenvalue weighted by atomic mass is 10.1. The zero-order valence-electron chi connectivity index (χ0n) is 12.5. The third-order valence-corrected chi connectivity index (χ3v) is 3.65. The molecule has 0 saturated heterocycles. The molecule has 0 radical (unpaired) electrons. The Bertz CT molecular complexity index is 596. The lowest BCUT2D eigenvalue weighted by Gasteiger charge is -2.24. The van der Waals surface area contributed by atoms with Crippen molar-refractivity contribution in [1.82, 2.24) is 5.32 Å². The first-order valence-electron chi connectivity index (χ1n) is 7.06. The van der Waals surface area contributed by atoms with E-state index in [9.17, 15) is 8.78 Å². The fraction of sp³-hybridized carbons (Fsp3) is 0.294. The van der Waals surface area contributed by atoms with Gasteiger partial charge in [-0.15, -0.1) is 0 Å². The number of rotatable bonds is 5. The molecule has 0 amide bonds. The van der Waals surface area contributed by atoms with Gasteiger partial charge in [0.05, 0.1) is 5.69 Å². The molecule has 0 aliphatic heterocycles. The number of nitrogens with zero attached hydrogens (tertiary/aromatic N) is 1. The molecule has 2 nitrogen and oxygen atoms in total. The third-order valence-electron chi connectivity index (χ3n) is 3.65. The molecule has 0 aromatic heterocycles. The molecule has 112 valence electrons. The largest absolute Gasteiger partial charge is 0.339 e. The topological polar surface area (TPSA) is 15.3 Å². The SMILES string of the molecule is CCN(c1ccc(F)cc1)c1ccc(C(C)NC)cc1F. The molecule has 21 heavy (non-hydrogen) atoms. The zero-order chi connectivity index (χ0) is 15.4. The molecular weight excluding hydrogens is 270 g/mol. The van der Waals surface area contributed by atoms with Crippen molar-refractivity contribution in [3.63, 3.8) is 0 Å². The van der Waals surface area contributed by atoms with Crippen LogP contribution < -0.4 is 10.2 Å². The Hall–Kier alpha value is -1.94. The number of hydrogen-bond acceptors (Lipinski definition) is 2. The smallest absolute Gasteiger partial charge is 0.147 e. The minimum Gasteiger partial charge on any atom is -0.339 e. The molecule has 1 atom stereocenters. The van der Waals surface area contributed by atoms with Crippen molar-refractivity contribution in [1.29, 1.82) is 0 Å². The predicted octanol–water partition coefficient (Wildman–Crippen LogP) is 4.40. The van der Waals surface area contributed by atoms with Crippen LogP contribution in [0, 0.1) is 11.6 Å². The van der Waals surface area contributed by atoms with Crippen LogP contribution in [0.3, 0.4) is 0 Å². The van der Waals surface area contributed by atoms with Gasteiger partial charge in [-0.1, -0.05) is 6.07 Å². The van der Waals surface area contributed by atoms with Crippen molar-refractivity contribution in [3.05, 3.63) is 59.7 Å². The second kappa shape index (κ2) is 6.68. The Kier molecular flexibility index (Phi) is 4.91. The minimum atomic E-state index is -0.298. The molecule has 2 aromatic carbocycles. The number of hydrogen-bond donors (Lipinski definition) is 1. The summed E-state index contributed by atoms with van der Waals surface area (Å²) in [6.45, 7) is 4.52. The van der Waals surface area contributed by atoms with Gasteiger partial charge in [0.2, 0.25) is 0 Å². The van der Waals surface area contributed by atoms with Crippen molar-refractivity contribution in [2.45, 2.75) is 19.9 Å². The molecule has 0 spiro atoms. The van der Waals surface area contributed by atoms with Gasteiger partial charge in [0, 0.05) is 18.3 Å². The van der Waals surface area contributed by atoms with E-state index in [0.717, 1.165) is 11.3 Å². The molecule has 2 aromatic rings. The van der Waals surface area contributed by atoms with E-state index in [4.69, 9.17) is 0 Å². The van der Waals surface area contributed by atoms with E-state index < -0.39 is 0 Å². The van der Waals surface area contributed by atoms with Gasteiger partial charge in [0.25, 0.3) is 0 Å². The summed E-state index contributed by atoms with van der Waals surface area (Å²) in [6.07, 6.45) is 0. The van der Waals surface area contributed by atoms with E-state index >= 15 is 0 Å². The van der Waals surface area contributed by atoms with Crippen LogP contribution in [-0.2, 0) is 0 Å². The lowest BCUT2D eigenvalue weighted by molar-refractivity contribution is 0.607. The van der Waals surface area contributed by atoms with Gasteiger partial charge in [-0.2, -0.15) is 0 Å². The van der Waals surface area contributed by atoms with Crippen LogP contribution in [0.25, 0.3) is 0 Å². The number of anilines is 2. The van der Waals surface area contributed by atoms with Gasteiger partial charge in [-0.05, 0) is 62.9 Å². The van der Waals surface area contributed by atoms with Crippen LogP contribution in [-0.4, -0.2) is 13.6 Å². The number of halogens is 2. The van der Waals surface area contributed by atoms with Gasteiger partial charge < -0.3 is 10.2 Å². The van der Waals surface area contributed by atoms with Gasteiger partial charge in [-0.3, -0.25) is 0 Å². The molecule has 0 heterocycles. The fourth-order valence-corrected chi connectivity index (χ4v) is 2.29. The average Bonchev–Trinajstić information content (AvgIpc) is 2.50. The maximum Gasteiger partial charge on any atom is 0.147 e. The highest BCUT2D eigenvalue weighted by molar-refractivity contribution is 5.64. The summed E-state index contributed by atoms with van der Waals surface area (Å²) in [5.41, 5.74) is 2.16. The predicted molar refractivity (Wildman–Crippen MR) is 83.0 cm³/mol. The van der Waals surface area contributed by atoms with E-state index in [1.165, 1.54) is 12.1 Å². The summed E-state index contributed by atoms with van der Waals surface area (Å²) >= 11 is 0. The van der Waals surface area contributed by atoms with Crippen LogP contribution in [0.1, 0.15) is 25.5 Å². The van der Waals surface area contributed by atoms with Gasteiger partial charge in [-0.25, -0.2) is 8.78 Å². The molecular formula is C17H20F2N2. The summed E-state index contributed by atoms with van der Waals surface area (Å²) in [5.74, 6) is -0.575. The van der Waals surface area contributed by atoms with Crippen molar-refractivity contribution < 1.29 is 8.78 Å². The van der Waals surface area contributed by atoms with Crippen LogP contribution in [0.2, 0.25) is 0 Å². The van der Waals surface area contributed by atoms with Crippen LogP contribution in [0.15, 0.2) is 42.5 Å². The van der Waals surface area contributed by atoms with Crippen molar-refractivity contribution in [2.24, 2.45) is 0 Å². The number of nitrogens with one attached hydrogen (secondary N) is 1. The third kappa shape index (κ3) is 3.39. The second-order valence-electron chi connectivity index (χ2n) is 4.94. The second-order valence-corrected chi connectivity index (χ2v) is 4.94. The van der Waals surface area contributed by atoms with Gasteiger partial charge in [0.1, 0.15) is 11.6 Å². The standard InChI is InChI=1S/C17H20F2N2/c1-4-21(15-8-6-14(18)7-9-15)17-10-5-13(11-16(17)19)12(2)20-3/h5-12,20H,4H2,1-3H3. The lowest BCUT2D eigenvalue weighted by Crippen LogP contribution is -2.18. The highest BCUT2D eigenvalue weighted by Gasteiger charge is 2.14. The highest BCUT2D eigenvalue weighted by Crippen LogP contribution is 2.29. The van der Waals surface area contributed by atoms with E-state index in [2.05, 4.69) is 5.32 Å². The molecule has 0 fully saturated rings. The maximum absolute atomic E-state index is 14.4. The summed E-state index contributed by atoms with van der Waals surface area (Å²) in [7, 11) is 1.84. The molecule has 0 aliphatic rings. The average molecular weight is 290 g/mol. The van der Waals surface area contributed by atoms with E-state index in [-0.39, 0.29) is 17.7 Å². The molecule has 1 unspecified atom stereocenters. The van der Waals surface area contributed by atoms with E-state index in [1.807, 2.05) is 31.9 Å². The minimum absolute atomic E-state index is 0.0921. The molecule has 2 rings (SSSR count). The molecule has 1 N–H and O–H groups in total. The van der Waals surface area contributed by atoms with E-state index in [1.54, 1.807) is 24.3 Å². The van der Waals surface area contributed by atoms with E-state index in [0.29, 0.717) is 12.2 Å². The Morgan fingerprint density at radius 3 is 2.29 bits per heavy atom. The summed E-state index contributed by atoms with van der Waals surface area (Å²) in [4.78, 5) is 1.82. The fourth-order valence-electron chi connectivity index (χ4n) is 2.29. The molecule has 0 aliphatic carbocycles. The van der Waals surface area contributed by atoms with Crippen LogP contribution >= 0.6 is 0 Å². The van der Waals surface area contributed by atoms with Crippen LogP contribution in [0.5, 0.6) is 0 Å². The molecule has 0 bridgehead atoms. The van der Waals surface area contributed by atoms with Crippen molar-refractivity contribution >= 4 is 11.4 Å². The summed E-state index contributed by atoms with van der Waals surface area (Å²) in [6, 6.07) is 11.4. The Labute approximate surface area is 124 Å². The zero-order valence-corrected chi connectivity index (χ0v) is 12.5. The maximum atomic E-state index is 14.4. The Balaban J connectivity index is 2.36. The quantitative estimate of drug-likeness (QED) is 0.878. The summed E-state index contributed by atoms with van der Waals surface area (Å²) < 4.78 is 27.4. The normalized spacial score (nSPS) is 12.2. The Morgan fingerprint density at radius 2 is 1.76 bits per heavy atom. The summed E-state index contributed by atoms with van der Waals surface area (Å²) in [5, 5.41) is 3.09. The Morgan fingerprint density at radius 1 is 1.10 bits per heavy atom. The molecule has 0 saturated carbocycles. The first-order chi connectivity index (χ1) is 10.1. The monoisotopic (exact) mass is 290 g/mol. The molecule has 4 heteroatoms. The number of benzene rings is 2. The first kappa shape index (κ1) is 15.4.